The molecule has 0 aliphatic carbocycles. The number of aromatic nitrogens is 2. The molecule has 0 radical (unpaired) electrons. The zero-order chi connectivity index (χ0) is 18.8. The number of carbonyl (C=O) groups is 1. The maximum absolute atomic E-state index is 12.0. The van der Waals surface area contributed by atoms with Crippen LogP contribution in [0.3, 0.4) is 0 Å². The lowest BCUT2D eigenvalue weighted by Crippen LogP contribution is -3.09. The minimum Gasteiger partial charge on any atom is -0.409 e. The monoisotopic (exact) mass is 363 g/mol. The first-order valence-electron chi connectivity index (χ1n) is 8.33. The largest absolute Gasteiger partial charge is 0.409 e. The van der Waals surface area contributed by atoms with Crippen LogP contribution in [0.2, 0.25) is 0 Å². The Balaban J connectivity index is 2.08. The molecular formula is C18H27N4O2S+. The Bertz CT molecular complexity index is 817. The highest BCUT2D eigenvalue weighted by Gasteiger charge is 2.18. The summed E-state index contributed by atoms with van der Waals surface area (Å²) in [7, 11) is 1.92. The summed E-state index contributed by atoms with van der Waals surface area (Å²) in [5.74, 6) is 0.495. The van der Waals surface area contributed by atoms with E-state index in [-0.39, 0.29) is 11.4 Å². The van der Waals surface area contributed by atoms with Crippen molar-refractivity contribution in [3.63, 3.8) is 0 Å². The van der Waals surface area contributed by atoms with E-state index in [9.17, 15) is 4.79 Å². The molecule has 0 saturated carbocycles. The first-order chi connectivity index (χ1) is 11.5. The second-order valence-corrected chi connectivity index (χ2v) is 7.91. The summed E-state index contributed by atoms with van der Waals surface area (Å²) >= 11 is 5.27. The summed E-state index contributed by atoms with van der Waals surface area (Å²) in [5, 5.41) is 7.42. The van der Waals surface area contributed by atoms with Crippen LogP contribution in [0.25, 0.3) is 11.5 Å². The van der Waals surface area contributed by atoms with Gasteiger partial charge in [-0.2, -0.15) is 4.68 Å². The number of carbonyl (C=O) groups excluding carboxylic acids is 1. The average molecular weight is 364 g/mol. The van der Waals surface area contributed by atoms with Crippen molar-refractivity contribution in [3.05, 3.63) is 34.2 Å². The van der Waals surface area contributed by atoms with E-state index in [0.717, 1.165) is 10.5 Å². The molecule has 0 aliphatic heterocycles. The number of rotatable bonds is 5. The Labute approximate surface area is 153 Å². The van der Waals surface area contributed by atoms with Crippen molar-refractivity contribution in [2.24, 2.45) is 0 Å². The van der Waals surface area contributed by atoms with Gasteiger partial charge in [0.05, 0.1) is 7.05 Å². The summed E-state index contributed by atoms with van der Waals surface area (Å²) in [6, 6.07) is 6.05. The Hall–Kier alpha value is -1.99. The van der Waals surface area contributed by atoms with Gasteiger partial charge in [0.15, 0.2) is 13.2 Å². The third-order valence-electron chi connectivity index (χ3n) is 3.76. The van der Waals surface area contributed by atoms with E-state index in [1.165, 1.54) is 11.1 Å². The maximum Gasteiger partial charge on any atom is 0.292 e. The molecule has 1 aromatic carbocycles. The zero-order valence-electron chi connectivity index (χ0n) is 15.8. The van der Waals surface area contributed by atoms with Crippen LogP contribution in [0, 0.1) is 18.7 Å². The van der Waals surface area contributed by atoms with E-state index in [0.29, 0.717) is 23.9 Å². The standard InChI is InChI=1S/C18H26N4O2S/c1-12-7-8-14(9-13(12)2)16-20-22(17(25)24-16)11-21(6)10-15(23)19-18(3,4)5/h7-9H,10-11H2,1-6H3,(H,19,23)/p+1. The van der Waals surface area contributed by atoms with Crippen molar-refractivity contribution >= 4 is 18.1 Å². The van der Waals surface area contributed by atoms with Gasteiger partial charge < -0.3 is 14.6 Å². The van der Waals surface area contributed by atoms with Gasteiger partial charge in [-0.3, -0.25) is 4.79 Å². The van der Waals surface area contributed by atoms with Crippen LogP contribution in [0.5, 0.6) is 0 Å². The fourth-order valence-electron chi connectivity index (χ4n) is 2.45. The minimum atomic E-state index is -0.238. The first kappa shape index (κ1) is 19.3. The molecule has 6 nitrogen and oxygen atoms in total. The molecule has 0 fully saturated rings. The van der Waals surface area contributed by atoms with Crippen LogP contribution in [-0.4, -0.2) is 34.8 Å². The predicted octanol–water partition coefficient (Wildman–Crippen LogP) is 1.88. The first-order valence-corrected chi connectivity index (χ1v) is 8.74. The van der Waals surface area contributed by atoms with Gasteiger partial charge in [-0.05, 0) is 70.1 Å². The Morgan fingerprint density at radius 3 is 2.60 bits per heavy atom. The number of quaternary nitrogens is 1. The molecule has 1 aromatic heterocycles. The van der Waals surface area contributed by atoms with Crippen molar-refractivity contribution in [2.75, 3.05) is 13.6 Å². The summed E-state index contributed by atoms with van der Waals surface area (Å²) in [6.45, 7) is 10.8. The highest BCUT2D eigenvalue weighted by atomic mass is 32.1. The summed E-state index contributed by atoms with van der Waals surface area (Å²) < 4.78 is 7.26. The summed E-state index contributed by atoms with van der Waals surface area (Å²) in [5.41, 5.74) is 3.06. The van der Waals surface area contributed by atoms with Crippen molar-refractivity contribution < 1.29 is 14.1 Å². The van der Waals surface area contributed by atoms with Gasteiger partial charge in [-0.1, -0.05) is 6.07 Å². The second kappa shape index (κ2) is 7.49. The van der Waals surface area contributed by atoms with Gasteiger partial charge in [0.1, 0.15) is 0 Å². The number of nitrogens with one attached hydrogen (secondary N) is 2. The Morgan fingerprint density at radius 1 is 1.32 bits per heavy atom. The van der Waals surface area contributed by atoms with Crippen LogP contribution in [0.15, 0.2) is 22.6 Å². The average Bonchev–Trinajstić information content (AvgIpc) is 2.80. The van der Waals surface area contributed by atoms with E-state index in [1.54, 1.807) is 4.68 Å². The zero-order valence-corrected chi connectivity index (χ0v) is 16.6. The van der Waals surface area contributed by atoms with Crippen molar-refractivity contribution in [1.82, 2.24) is 15.1 Å². The number of hydrogen-bond donors (Lipinski definition) is 2. The maximum atomic E-state index is 12.0. The predicted molar refractivity (Wildman–Crippen MR) is 99.9 cm³/mol. The fraction of sp³-hybridized carbons (Fsp3) is 0.500. The summed E-state index contributed by atoms with van der Waals surface area (Å²) in [6.07, 6.45) is 0. The van der Waals surface area contributed by atoms with E-state index >= 15 is 0 Å². The van der Waals surface area contributed by atoms with Crippen LogP contribution in [0.4, 0.5) is 0 Å². The normalized spacial score (nSPS) is 12.9. The van der Waals surface area contributed by atoms with Crippen LogP contribution in [0.1, 0.15) is 31.9 Å². The highest BCUT2D eigenvalue weighted by molar-refractivity contribution is 7.71. The third kappa shape index (κ3) is 5.51. The van der Waals surface area contributed by atoms with Gasteiger partial charge >= 0.3 is 0 Å². The SMILES string of the molecule is Cc1ccc(-c2nn(C[NH+](C)CC(=O)NC(C)(C)C)c(=S)o2)cc1C. The van der Waals surface area contributed by atoms with Gasteiger partial charge in [-0.25, -0.2) is 0 Å². The molecule has 1 amide bonds. The lowest BCUT2D eigenvalue weighted by molar-refractivity contribution is -0.895. The molecule has 2 aromatic rings. The number of aryl methyl sites for hydroxylation is 2. The smallest absolute Gasteiger partial charge is 0.292 e. The third-order valence-corrected chi connectivity index (χ3v) is 4.05. The molecule has 0 bridgehead atoms. The van der Waals surface area contributed by atoms with Crippen molar-refractivity contribution in [3.8, 4) is 11.5 Å². The molecule has 0 aliphatic rings. The number of nitrogens with zero attached hydrogens (tertiary/aromatic N) is 2. The van der Waals surface area contributed by atoms with Crippen LogP contribution in [-0.2, 0) is 11.5 Å². The Kier molecular flexibility index (Phi) is 5.80. The molecule has 1 atom stereocenters. The molecular weight excluding hydrogens is 336 g/mol. The molecule has 1 unspecified atom stereocenters. The van der Waals surface area contributed by atoms with Gasteiger partial charge in [0, 0.05) is 11.1 Å². The lowest BCUT2D eigenvalue weighted by atomic mass is 10.1. The molecule has 1 heterocycles. The van der Waals surface area contributed by atoms with E-state index in [1.807, 2.05) is 46.0 Å². The lowest BCUT2D eigenvalue weighted by Gasteiger charge is -2.21. The molecule has 25 heavy (non-hydrogen) atoms. The van der Waals surface area contributed by atoms with E-state index < -0.39 is 0 Å². The van der Waals surface area contributed by atoms with Crippen LogP contribution >= 0.6 is 12.2 Å². The highest BCUT2D eigenvalue weighted by Crippen LogP contribution is 2.20. The molecule has 7 heteroatoms. The van der Waals surface area contributed by atoms with Crippen molar-refractivity contribution in [1.29, 1.82) is 0 Å². The number of hydrogen-bond acceptors (Lipinski definition) is 4. The topological polar surface area (TPSA) is 64.5 Å². The van der Waals surface area contributed by atoms with E-state index in [4.69, 9.17) is 16.6 Å². The number of likely N-dealkylation sites (N-methyl/N-ethyl adjacent to an activating group) is 1. The molecule has 136 valence electrons. The molecule has 0 spiro atoms. The summed E-state index contributed by atoms with van der Waals surface area (Å²) in [4.78, 5) is 13.3. The Morgan fingerprint density at radius 2 is 2.00 bits per heavy atom. The quantitative estimate of drug-likeness (QED) is 0.796. The number of benzene rings is 1. The van der Waals surface area contributed by atoms with Gasteiger partial charge in [0.2, 0.25) is 5.89 Å². The minimum absolute atomic E-state index is 0.00519. The molecule has 0 saturated heterocycles. The number of amides is 1. The van der Waals surface area contributed by atoms with Crippen LogP contribution < -0.4 is 10.2 Å². The van der Waals surface area contributed by atoms with Crippen molar-refractivity contribution in [2.45, 2.75) is 46.8 Å². The molecule has 2 N–H and O–H groups in total. The van der Waals surface area contributed by atoms with E-state index in [2.05, 4.69) is 24.3 Å². The fourth-order valence-corrected chi connectivity index (χ4v) is 2.63. The molecule has 2 rings (SSSR count). The van der Waals surface area contributed by atoms with Gasteiger partial charge in [-0.15, -0.1) is 5.10 Å². The second-order valence-electron chi connectivity index (χ2n) is 7.56. The van der Waals surface area contributed by atoms with Gasteiger partial charge in [0.25, 0.3) is 10.7 Å².